The van der Waals surface area contributed by atoms with Crippen molar-refractivity contribution in [3.8, 4) is 0 Å². The lowest BCUT2D eigenvalue weighted by Gasteiger charge is -2.37. The molecule has 0 spiro atoms. The fraction of sp³-hybridized carbons (Fsp3) is 0.528. The van der Waals surface area contributed by atoms with Gasteiger partial charge in [0, 0.05) is 24.8 Å². The second kappa shape index (κ2) is 16.1. The van der Waals surface area contributed by atoms with Crippen LogP contribution in [0.4, 0.5) is 11.4 Å². The molecule has 13 nitrogen and oxygen atoms in total. The van der Waals surface area contributed by atoms with Gasteiger partial charge in [0.05, 0.1) is 35.1 Å². The number of likely N-dealkylation sites (tertiary alicyclic amines) is 1. The highest BCUT2D eigenvalue weighted by Crippen LogP contribution is 2.38. The second-order valence-corrected chi connectivity index (χ2v) is 25.6. The Morgan fingerprint density at radius 2 is 1.20 bits per heavy atom. The van der Waals surface area contributed by atoms with Crippen LogP contribution in [0.25, 0.3) is 0 Å². The highest BCUT2D eigenvalue weighted by molar-refractivity contribution is 6.74. The van der Waals surface area contributed by atoms with Crippen molar-refractivity contribution in [3.05, 3.63) is 92.2 Å². The molecule has 3 amide bonds. The molecule has 15 heteroatoms. The number of rotatable bonds is 10. The lowest BCUT2D eigenvalue weighted by molar-refractivity contribution is -0.385. The zero-order valence-electron chi connectivity index (χ0n) is 31.4. The predicted molar refractivity (Wildman–Crippen MR) is 200 cm³/mol. The molecule has 2 aromatic carbocycles. The first-order chi connectivity index (χ1) is 23.5. The van der Waals surface area contributed by atoms with Gasteiger partial charge in [-0.1, -0.05) is 71.9 Å². The van der Waals surface area contributed by atoms with Gasteiger partial charge in [0.2, 0.25) is 5.91 Å². The van der Waals surface area contributed by atoms with Crippen LogP contribution in [0.5, 0.6) is 0 Å². The monoisotopic (exact) mass is 740 g/mol. The molecule has 2 aliphatic heterocycles. The molecular weight excluding hydrogens is 689 g/mol. The van der Waals surface area contributed by atoms with Gasteiger partial charge < -0.3 is 13.8 Å². The Hall–Kier alpha value is -4.06. The van der Waals surface area contributed by atoms with E-state index in [9.17, 15) is 34.6 Å². The van der Waals surface area contributed by atoms with E-state index in [0.717, 1.165) is 4.90 Å². The lowest BCUT2D eigenvalue weighted by Crippen LogP contribution is -2.47. The first-order valence-corrected chi connectivity index (χ1v) is 22.9. The fourth-order valence-electron chi connectivity index (χ4n) is 5.07. The van der Waals surface area contributed by atoms with Crippen LogP contribution in [0.15, 0.2) is 60.8 Å². The highest BCUT2D eigenvalue weighted by atomic mass is 28.4. The maximum Gasteiger partial charge on any atom is 0.282 e. The summed E-state index contributed by atoms with van der Waals surface area (Å²) in [6, 6.07) is 11.3. The molecular formula is C36H52N4O9Si2. The summed E-state index contributed by atoms with van der Waals surface area (Å²) in [6.07, 6.45) is 5.07. The summed E-state index contributed by atoms with van der Waals surface area (Å²) >= 11 is 0. The van der Waals surface area contributed by atoms with Crippen LogP contribution < -0.4 is 0 Å². The lowest BCUT2D eigenvalue weighted by atomic mass is 10.1. The third-order valence-corrected chi connectivity index (χ3v) is 19.4. The molecule has 0 aromatic heterocycles. The number of benzene rings is 2. The quantitative estimate of drug-likeness (QED) is 0.101. The van der Waals surface area contributed by atoms with Gasteiger partial charge in [0.25, 0.3) is 23.2 Å². The zero-order valence-corrected chi connectivity index (χ0v) is 33.4. The Labute approximate surface area is 302 Å². The SMILES string of the molecule is CC(C)(C)[Si](C)(C)OC[C@@H]1CC=CN1C(=O)c1ccccc1[N+](=O)[O-].CC(C)(C)[Si](C)(C)OC[C@@H]1CCC(=O)N1C(=O)c1ccccc1[N+](=O)[O-]. The van der Waals surface area contributed by atoms with Crippen LogP contribution in [-0.2, 0) is 13.6 Å². The third-order valence-electron chi connectivity index (χ3n) is 10.4. The molecule has 2 atom stereocenters. The number of imide groups is 1. The number of hydrogen-bond donors (Lipinski definition) is 0. The van der Waals surface area contributed by atoms with Gasteiger partial charge in [0.1, 0.15) is 11.1 Å². The number of hydrogen-bond acceptors (Lipinski definition) is 9. The average Bonchev–Trinajstić information content (AvgIpc) is 3.67. The van der Waals surface area contributed by atoms with Gasteiger partial charge in [-0.25, -0.2) is 0 Å². The van der Waals surface area contributed by atoms with Gasteiger partial charge in [0.15, 0.2) is 16.6 Å². The van der Waals surface area contributed by atoms with Gasteiger partial charge in [-0.3, -0.25) is 39.5 Å². The third kappa shape index (κ3) is 9.84. The normalized spacial score (nSPS) is 18.0. The largest absolute Gasteiger partial charge is 0.415 e. The maximum absolute atomic E-state index is 12.9. The molecule has 0 saturated carbocycles. The van der Waals surface area contributed by atoms with Crippen molar-refractivity contribution in [3.63, 3.8) is 0 Å². The van der Waals surface area contributed by atoms with E-state index in [4.69, 9.17) is 8.85 Å². The molecule has 0 N–H and O–H groups in total. The Kier molecular flexibility index (Phi) is 13.1. The van der Waals surface area contributed by atoms with Crippen LogP contribution >= 0.6 is 0 Å². The van der Waals surface area contributed by atoms with Crippen LogP contribution in [0.1, 0.15) is 81.5 Å². The predicted octanol–water partition coefficient (Wildman–Crippen LogP) is 8.09. The molecule has 0 unspecified atom stereocenters. The molecule has 278 valence electrons. The van der Waals surface area contributed by atoms with Gasteiger partial charge in [-0.05, 0) is 61.2 Å². The minimum Gasteiger partial charge on any atom is -0.415 e. The number of para-hydroxylation sites is 2. The first kappa shape index (κ1) is 41.4. The minimum absolute atomic E-state index is 0.0165. The standard InChI is InChI=1S/C18H26N2O5Si.C18H26N2O4Si/c1-18(2,3)26(4,5)25-12-13-10-11-16(21)19(13)17(22)14-8-6-7-9-15(14)20(23)24;1-18(2,3)25(4,5)24-13-14-9-8-12-19(14)17(21)15-10-6-7-11-16(15)20(22)23/h6-9,13H,10-12H2,1-5H3;6-8,10-12,14H,9,13H2,1-5H3/t13-;14-/m00/s1. The van der Waals surface area contributed by atoms with Crippen LogP contribution in [0.3, 0.4) is 0 Å². The smallest absolute Gasteiger partial charge is 0.282 e. The van der Waals surface area contributed by atoms with Crippen molar-refractivity contribution in [2.24, 2.45) is 0 Å². The zero-order chi connectivity index (χ0) is 38.5. The summed E-state index contributed by atoms with van der Waals surface area (Å²) in [4.78, 5) is 62.0. The summed E-state index contributed by atoms with van der Waals surface area (Å²) in [5, 5.41) is 22.5. The van der Waals surface area contributed by atoms with Gasteiger partial charge in [-0.15, -0.1) is 0 Å². The summed E-state index contributed by atoms with van der Waals surface area (Å²) in [7, 11) is -3.94. The second-order valence-electron chi connectivity index (χ2n) is 15.9. The number of carbonyl (C=O) groups excluding carboxylic acids is 3. The molecule has 4 rings (SSSR count). The van der Waals surface area contributed by atoms with Gasteiger partial charge in [-0.2, -0.15) is 0 Å². The van der Waals surface area contributed by atoms with E-state index in [2.05, 4.69) is 67.7 Å². The summed E-state index contributed by atoms with van der Waals surface area (Å²) in [5.74, 6) is -1.29. The molecule has 0 aliphatic carbocycles. The van der Waals surface area contributed by atoms with Gasteiger partial charge >= 0.3 is 0 Å². The first-order valence-electron chi connectivity index (χ1n) is 17.1. The van der Waals surface area contributed by atoms with E-state index in [-0.39, 0.29) is 69.5 Å². The number of nitro groups is 2. The number of nitro benzene ring substituents is 2. The van der Waals surface area contributed by atoms with Crippen molar-refractivity contribution in [1.82, 2.24) is 9.80 Å². The highest BCUT2D eigenvalue weighted by Gasteiger charge is 2.43. The Bertz CT molecular complexity index is 1660. The fourth-order valence-corrected chi connectivity index (χ4v) is 7.15. The van der Waals surface area contributed by atoms with Crippen molar-refractivity contribution in [1.29, 1.82) is 0 Å². The average molecular weight is 741 g/mol. The molecule has 2 aliphatic rings. The molecule has 0 bridgehead atoms. The van der Waals surface area contributed by atoms with Crippen molar-refractivity contribution < 1.29 is 33.1 Å². The topological polar surface area (TPSA) is 162 Å². The van der Waals surface area contributed by atoms with E-state index in [1.54, 1.807) is 29.3 Å². The maximum atomic E-state index is 12.9. The van der Waals surface area contributed by atoms with Crippen molar-refractivity contribution in [2.75, 3.05) is 13.2 Å². The van der Waals surface area contributed by atoms with Crippen molar-refractivity contribution >= 4 is 45.7 Å². The molecule has 0 radical (unpaired) electrons. The van der Waals surface area contributed by atoms with E-state index in [0.29, 0.717) is 19.4 Å². The molecule has 1 fully saturated rings. The summed E-state index contributed by atoms with van der Waals surface area (Å²) < 4.78 is 12.4. The van der Waals surface area contributed by atoms with E-state index in [1.165, 1.54) is 30.3 Å². The van der Waals surface area contributed by atoms with E-state index >= 15 is 0 Å². The number of nitrogens with zero attached hydrogens (tertiary/aromatic N) is 4. The van der Waals surface area contributed by atoms with Crippen LogP contribution in [0.2, 0.25) is 36.3 Å². The van der Waals surface area contributed by atoms with Crippen molar-refractivity contribution in [2.45, 2.75) is 109 Å². The summed E-state index contributed by atoms with van der Waals surface area (Å²) in [6.45, 7) is 22.1. The number of amides is 3. The van der Waals surface area contributed by atoms with Crippen LogP contribution in [-0.4, -0.2) is 79.3 Å². The molecule has 2 aromatic rings. The van der Waals surface area contributed by atoms with E-state index in [1.807, 2.05) is 6.08 Å². The molecule has 1 saturated heterocycles. The Balaban J connectivity index is 0.000000276. The van der Waals surface area contributed by atoms with E-state index < -0.39 is 32.4 Å². The van der Waals surface area contributed by atoms with Crippen LogP contribution in [0, 0.1) is 20.2 Å². The Morgan fingerprint density at radius 3 is 1.65 bits per heavy atom. The minimum atomic E-state index is -2.02. The molecule has 51 heavy (non-hydrogen) atoms. The summed E-state index contributed by atoms with van der Waals surface area (Å²) in [5.41, 5.74) is -0.417. The molecule has 2 heterocycles. The Morgan fingerprint density at radius 1 is 0.765 bits per heavy atom. The number of carbonyl (C=O) groups is 3.